The number of piperidine rings is 1. The molecule has 1 unspecified atom stereocenters. The van der Waals surface area contributed by atoms with E-state index < -0.39 is 5.82 Å². The van der Waals surface area contributed by atoms with E-state index in [0.717, 1.165) is 23.2 Å². The fourth-order valence-electron chi connectivity index (χ4n) is 2.98. The SMILES string of the molecule is O=C(NCC1CCCN(C(=O)c2ccc(Br)s2)C1)Nc1cccc(F)c1. The monoisotopic (exact) mass is 439 g/mol. The standard InChI is InChI=1S/C18H19BrFN3O2S/c19-16-7-6-15(26-16)17(24)23-8-2-3-12(11-23)10-21-18(25)22-14-5-1-4-13(20)9-14/h1,4-7,9,12H,2-3,8,10-11H2,(H2,21,22,25). The van der Waals surface area contributed by atoms with Crippen molar-refractivity contribution in [2.45, 2.75) is 12.8 Å². The molecule has 1 fully saturated rings. The molecule has 2 aromatic rings. The molecular weight excluding hydrogens is 421 g/mol. The Morgan fingerprint density at radius 1 is 1.31 bits per heavy atom. The average molecular weight is 440 g/mol. The smallest absolute Gasteiger partial charge is 0.319 e. The highest BCUT2D eigenvalue weighted by atomic mass is 79.9. The molecule has 5 nitrogen and oxygen atoms in total. The summed E-state index contributed by atoms with van der Waals surface area (Å²) in [4.78, 5) is 27.1. The zero-order chi connectivity index (χ0) is 18.5. The van der Waals surface area contributed by atoms with Crippen molar-refractivity contribution in [2.24, 2.45) is 5.92 Å². The van der Waals surface area contributed by atoms with Crippen molar-refractivity contribution in [1.29, 1.82) is 0 Å². The van der Waals surface area contributed by atoms with E-state index in [2.05, 4.69) is 26.6 Å². The first kappa shape index (κ1) is 18.8. The van der Waals surface area contributed by atoms with Crippen molar-refractivity contribution >= 4 is 44.9 Å². The second-order valence-electron chi connectivity index (χ2n) is 6.21. The summed E-state index contributed by atoms with van der Waals surface area (Å²) in [5.74, 6) is -0.159. The minimum absolute atomic E-state index is 0.0367. The highest BCUT2D eigenvalue weighted by molar-refractivity contribution is 9.11. The van der Waals surface area contributed by atoms with E-state index in [9.17, 15) is 14.0 Å². The van der Waals surface area contributed by atoms with Gasteiger partial charge < -0.3 is 15.5 Å². The molecule has 1 saturated heterocycles. The van der Waals surface area contributed by atoms with Crippen LogP contribution in [0.25, 0.3) is 0 Å². The lowest BCUT2D eigenvalue weighted by Gasteiger charge is -2.32. The van der Waals surface area contributed by atoms with Crippen LogP contribution in [0.2, 0.25) is 0 Å². The van der Waals surface area contributed by atoms with Crippen LogP contribution in [0.1, 0.15) is 22.5 Å². The van der Waals surface area contributed by atoms with Crippen LogP contribution in [0.15, 0.2) is 40.2 Å². The Labute approximate surface area is 163 Å². The summed E-state index contributed by atoms with van der Waals surface area (Å²) in [6.07, 6.45) is 1.87. The van der Waals surface area contributed by atoms with Crippen molar-refractivity contribution in [2.75, 3.05) is 25.0 Å². The fourth-order valence-corrected chi connectivity index (χ4v) is 4.33. The van der Waals surface area contributed by atoms with E-state index in [-0.39, 0.29) is 17.9 Å². The van der Waals surface area contributed by atoms with E-state index in [1.54, 1.807) is 12.1 Å². The molecule has 2 heterocycles. The van der Waals surface area contributed by atoms with Gasteiger partial charge in [-0.3, -0.25) is 4.79 Å². The lowest BCUT2D eigenvalue weighted by Crippen LogP contribution is -2.44. The number of hydrogen-bond donors (Lipinski definition) is 2. The summed E-state index contributed by atoms with van der Waals surface area (Å²) < 4.78 is 14.1. The second kappa shape index (κ2) is 8.64. The molecule has 1 aliphatic heterocycles. The van der Waals surface area contributed by atoms with Crippen LogP contribution >= 0.6 is 27.3 Å². The van der Waals surface area contributed by atoms with E-state index in [4.69, 9.17) is 0 Å². The number of carbonyl (C=O) groups excluding carboxylic acids is 2. The summed E-state index contributed by atoms with van der Waals surface area (Å²) in [6.45, 7) is 1.83. The molecular formula is C18H19BrFN3O2S. The molecule has 1 atom stereocenters. The topological polar surface area (TPSA) is 61.4 Å². The molecule has 26 heavy (non-hydrogen) atoms. The number of urea groups is 1. The van der Waals surface area contributed by atoms with E-state index in [1.165, 1.54) is 23.5 Å². The number of likely N-dealkylation sites (tertiary alicyclic amines) is 1. The molecule has 0 bridgehead atoms. The zero-order valence-corrected chi connectivity index (χ0v) is 16.4. The van der Waals surface area contributed by atoms with Gasteiger partial charge in [0.2, 0.25) is 0 Å². The predicted octanol–water partition coefficient (Wildman–Crippen LogP) is 4.32. The van der Waals surface area contributed by atoms with Crippen molar-refractivity contribution in [1.82, 2.24) is 10.2 Å². The Bertz CT molecular complexity index is 798. The van der Waals surface area contributed by atoms with Gasteiger partial charge in [0.25, 0.3) is 5.91 Å². The third-order valence-electron chi connectivity index (χ3n) is 4.22. The van der Waals surface area contributed by atoms with Crippen LogP contribution < -0.4 is 10.6 Å². The van der Waals surface area contributed by atoms with Gasteiger partial charge in [0.05, 0.1) is 8.66 Å². The van der Waals surface area contributed by atoms with Gasteiger partial charge in [-0.25, -0.2) is 9.18 Å². The van der Waals surface area contributed by atoms with Crippen molar-refractivity contribution in [3.8, 4) is 0 Å². The number of thiophene rings is 1. The van der Waals surface area contributed by atoms with Gasteiger partial charge in [0.15, 0.2) is 0 Å². The van der Waals surface area contributed by atoms with Gasteiger partial charge in [-0.15, -0.1) is 11.3 Å². The van der Waals surface area contributed by atoms with Crippen molar-refractivity contribution in [3.63, 3.8) is 0 Å². The van der Waals surface area contributed by atoms with E-state index in [1.807, 2.05) is 17.0 Å². The molecule has 2 N–H and O–H groups in total. The van der Waals surface area contributed by atoms with Gasteiger partial charge in [-0.1, -0.05) is 6.07 Å². The Morgan fingerprint density at radius 3 is 2.88 bits per heavy atom. The van der Waals surface area contributed by atoms with Crippen LogP contribution in [-0.2, 0) is 0 Å². The summed E-state index contributed by atoms with van der Waals surface area (Å²) in [7, 11) is 0. The van der Waals surface area contributed by atoms with Gasteiger partial charge in [-0.2, -0.15) is 0 Å². The van der Waals surface area contributed by atoms with E-state index >= 15 is 0 Å². The molecule has 0 saturated carbocycles. The highest BCUT2D eigenvalue weighted by Gasteiger charge is 2.25. The minimum Gasteiger partial charge on any atom is -0.338 e. The number of nitrogens with zero attached hydrogens (tertiary/aromatic N) is 1. The van der Waals surface area contributed by atoms with Gasteiger partial charge in [0, 0.05) is 25.3 Å². The zero-order valence-electron chi connectivity index (χ0n) is 14.0. The third kappa shape index (κ3) is 5.04. The quantitative estimate of drug-likeness (QED) is 0.744. The average Bonchev–Trinajstić information content (AvgIpc) is 3.06. The lowest BCUT2D eigenvalue weighted by molar-refractivity contribution is 0.0680. The second-order valence-corrected chi connectivity index (χ2v) is 8.67. The first-order valence-corrected chi connectivity index (χ1v) is 9.97. The molecule has 0 spiro atoms. The summed E-state index contributed by atoms with van der Waals surface area (Å²) in [6, 6.07) is 9.08. The summed E-state index contributed by atoms with van der Waals surface area (Å²) in [5, 5.41) is 5.42. The maximum absolute atomic E-state index is 13.1. The van der Waals surface area contributed by atoms with E-state index in [0.29, 0.717) is 23.7 Å². The molecule has 3 rings (SSSR count). The van der Waals surface area contributed by atoms with Crippen molar-refractivity contribution < 1.29 is 14.0 Å². The van der Waals surface area contributed by atoms with Gasteiger partial charge in [0.1, 0.15) is 5.82 Å². The van der Waals surface area contributed by atoms with Crippen LogP contribution in [0, 0.1) is 11.7 Å². The van der Waals surface area contributed by atoms with Crippen LogP contribution in [0.4, 0.5) is 14.9 Å². The molecule has 1 aliphatic rings. The number of hydrogen-bond acceptors (Lipinski definition) is 3. The Kier molecular flexibility index (Phi) is 6.26. The van der Waals surface area contributed by atoms with Crippen LogP contribution in [0.5, 0.6) is 0 Å². The Morgan fingerprint density at radius 2 is 2.15 bits per heavy atom. The first-order valence-electron chi connectivity index (χ1n) is 8.36. The number of carbonyl (C=O) groups is 2. The number of anilines is 1. The predicted molar refractivity (Wildman–Crippen MR) is 104 cm³/mol. The molecule has 1 aromatic carbocycles. The molecule has 3 amide bonds. The van der Waals surface area contributed by atoms with Crippen LogP contribution in [-0.4, -0.2) is 36.5 Å². The number of nitrogens with one attached hydrogen (secondary N) is 2. The van der Waals surface area contributed by atoms with Gasteiger partial charge in [-0.05, 0) is 65.0 Å². The molecule has 8 heteroatoms. The largest absolute Gasteiger partial charge is 0.338 e. The lowest BCUT2D eigenvalue weighted by atomic mass is 9.98. The Hall–Kier alpha value is -1.93. The summed E-state index contributed by atoms with van der Waals surface area (Å²) >= 11 is 4.81. The fraction of sp³-hybridized carbons (Fsp3) is 0.333. The van der Waals surface area contributed by atoms with Gasteiger partial charge >= 0.3 is 6.03 Å². The number of benzene rings is 1. The maximum Gasteiger partial charge on any atom is 0.319 e. The maximum atomic E-state index is 13.1. The normalized spacial score (nSPS) is 17.0. The minimum atomic E-state index is -0.399. The number of halogens is 2. The summed E-state index contributed by atoms with van der Waals surface area (Å²) in [5.41, 5.74) is 0.409. The molecule has 138 valence electrons. The molecule has 1 aromatic heterocycles. The number of amides is 3. The third-order valence-corrected chi connectivity index (χ3v) is 5.84. The first-order chi connectivity index (χ1) is 12.5. The number of rotatable bonds is 4. The Balaban J connectivity index is 1.49. The van der Waals surface area contributed by atoms with Crippen LogP contribution in [0.3, 0.4) is 0 Å². The molecule has 0 aliphatic carbocycles. The highest BCUT2D eigenvalue weighted by Crippen LogP contribution is 2.25. The molecule has 0 radical (unpaired) electrons. The van der Waals surface area contributed by atoms with Crippen molar-refractivity contribution in [3.05, 3.63) is 50.9 Å².